The lowest BCUT2D eigenvalue weighted by Gasteiger charge is -2.35. The smallest absolute Gasteiger partial charge is 0.236 e. The molecule has 1 atom stereocenters. The van der Waals surface area contributed by atoms with E-state index in [2.05, 4.69) is 11.8 Å². The number of carbonyl (C=O) groups excluding carboxylic acids is 2. The molecule has 0 aromatic heterocycles. The third-order valence-corrected chi connectivity index (χ3v) is 6.15. The van der Waals surface area contributed by atoms with Crippen molar-refractivity contribution in [3.8, 4) is 11.5 Å². The lowest BCUT2D eigenvalue weighted by molar-refractivity contribution is -0.134. The van der Waals surface area contributed by atoms with Crippen molar-refractivity contribution in [2.45, 2.75) is 32.6 Å². The van der Waals surface area contributed by atoms with E-state index < -0.39 is 0 Å². The molecule has 3 aliphatic heterocycles. The summed E-state index contributed by atoms with van der Waals surface area (Å²) in [7, 11) is 0. The molecular formula is C22H30N2O4. The van der Waals surface area contributed by atoms with Gasteiger partial charge in [0, 0.05) is 24.6 Å². The van der Waals surface area contributed by atoms with Gasteiger partial charge in [0.15, 0.2) is 17.3 Å². The first-order valence-corrected chi connectivity index (χ1v) is 10.5. The second-order valence-electron chi connectivity index (χ2n) is 8.36. The zero-order valence-corrected chi connectivity index (χ0v) is 16.7. The Morgan fingerprint density at radius 3 is 2.54 bits per heavy atom. The van der Waals surface area contributed by atoms with Crippen LogP contribution < -0.4 is 9.47 Å². The van der Waals surface area contributed by atoms with Crippen molar-refractivity contribution < 1.29 is 19.1 Å². The van der Waals surface area contributed by atoms with Crippen LogP contribution in [0.1, 0.15) is 43.0 Å². The van der Waals surface area contributed by atoms with Gasteiger partial charge >= 0.3 is 0 Å². The van der Waals surface area contributed by atoms with Crippen LogP contribution in [0, 0.1) is 11.8 Å². The number of fused-ring (bicyclic) bond motifs is 1. The largest absolute Gasteiger partial charge is 0.486 e. The Labute approximate surface area is 166 Å². The fourth-order valence-electron chi connectivity index (χ4n) is 4.49. The number of carbonyl (C=O) groups is 2. The molecule has 152 valence electrons. The third-order valence-electron chi connectivity index (χ3n) is 6.15. The van der Waals surface area contributed by atoms with Crippen LogP contribution in [0.2, 0.25) is 0 Å². The summed E-state index contributed by atoms with van der Waals surface area (Å²) in [6.07, 6.45) is 3.93. The van der Waals surface area contributed by atoms with E-state index in [9.17, 15) is 9.59 Å². The van der Waals surface area contributed by atoms with Gasteiger partial charge in [0.2, 0.25) is 5.91 Å². The fraction of sp³-hybridized carbons (Fsp3) is 0.636. The van der Waals surface area contributed by atoms with Gasteiger partial charge in [0.25, 0.3) is 0 Å². The number of piperidine rings is 2. The number of likely N-dealkylation sites (tertiary alicyclic amines) is 2. The first kappa shape index (κ1) is 19.2. The zero-order valence-electron chi connectivity index (χ0n) is 16.7. The molecule has 0 spiro atoms. The summed E-state index contributed by atoms with van der Waals surface area (Å²) in [5, 5.41) is 0. The van der Waals surface area contributed by atoms with E-state index in [0.717, 1.165) is 45.4 Å². The Kier molecular flexibility index (Phi) is 5.85. The Morgan fingerprint density at radius 2 is 1.79 bits per heavy atom. The molecular weight excluding hydrogens is 356 g/mol. The van der Waals surface area contributed by atoms with Crippen LogP contribution in [0.15, 0.2) is 18.2 Å². The molecule has 3 aliphatic rings. The van der Waals surface area contributed by atoms with E-state index in [-0.39, 0.29) is 17.6 Å². The highest BCUT2D eigenvalue weighted by Crippen LogP contribution is 2.32. The molecule has 0 N–H and O–H groups in total. The predicted molar refractivity (Wildman–Crippen MR) is 106 cm³/mol. The molecule has 1 aromatic carbocycles. The monoisotopic (exact) mass is 386 g/mol. The van der Waals surface area contributed by atoms with Crippen molar-refractivity contribution in [3.63, 3.8) is 0 Å². The van der Waals surface area contributed by atoms with Gasteiger partial charge in [-0.25, -0.2) is 0 Å². The minimum Gasteiger partial charge on any atom is -0.486 e. The maximum absolute atomic E-state index is 12.9. The number of rotatable bonds is 4. The molecule has 6 heteroatoms. The number of nitrogens with zero attached hydrogens (tertiary/aromatic N) is 2. The average Bonchev–Trinajstić information content (AvgIpc) is 2.73. The molecule has 4 rings (SSSR count). The first-order valence-electron chi connectivity index (χ1n) is 10.5. The van der Waals surface area contributed by atoms with E-state index >= 15 is 0 Å². The summed E-state index contributed by atoms with van der Waals surface area (Å²) in [6, 6.07) is 5.47. The molecule has 2 fully saturated rings. The Bertz CT molecular complexity index is 727. The highest BCUT2D eigenvalue weighted by molar-refractivity contribution is 5.98. The number of Topliss-reactive ketones (excluding diaryl/α,β-unsaturated/α-hetero) is 1. The highest BCUT2D eigenvalue weighted by Gasteiger charge is 2.29. The van der Waals surface area contributed by atoms with Crippen molar-refractivity contribution in [1.82, 2.24) is 9.80 Å². The predicted octanol–water partition coefficient (Wildman–Crippen LogP) is 2.61. The molecule has 0 bridgehead atoms. The lowest BCUT2D eigenvalue weighted by atomic mass is 9.88. The van der Waals surface area contributed by atoms with Crippen LogP contribution in [0.4, 0.5) is 0 Å². The van der Waals surface area contributed by atoms with Crippen LogP contribution in [-0.4, -0.2) is 67.4 Å². The summed E-state index contributed by atoms with van der Waals surface area (Å²) < 4.78 is 11.1. The van der Waals surface area contributed by atoms with Gasteiger partial charge in [0.05, 0.1) is 6.54 Å². The SMILES string of the molecule is CC1CCCN(C(=O)CN2CCC(C(=O)c3ccc4c(c3)OCCO4)CC2)C1. The third kappa shape index (κ3) is 4.32. The Hall–Kier alpha value is -2.08. The lowest BCUT2D eigenvalue weighted by Crippen LogP contribution is -2.47. The van der Waals surface area contributed by atoms with Gasteiger partial charge in [-0.3, -0.25) is 14.5 Å². The molecule has 6 nitrogen and oxygen atoms in total. The van der Waals surface area contributed by atoms with Crippen LogP contribution >= 0.6 is 0 Å². The van der Waals surface area contributed by atoms with Gasteiger partial charge in [-0.15, -0.1) is 0 Å². The Morgan fingerprint density at radius 1 is 1.04 bits per heavy atom. The van der Waals surface area contributed by atoms with Crippen molar-refractivity contribution >= 4 is 11.7 Å². The second kappa shape index (κ2) is 8.52. The number of ether oxygens (including phenoxy) is 2. The number of amides is 1. The van der Waals surface area contributed by atoms with Gasteiger partial charge in [0.1, 0.15) is 13.2 Å². The number of ketones is 1. The van der Waals surface area contributed by atoms with E-state index in [1.54, 1.807) is 0 Å². The number of hydrogen-bond donors (Lipinski definition) is 0. The topological polar surface area (TPSA) is 59.1 Å². The molecule has 1 amide bonds. The van der Waals surface area contributed by atoms with Crippen molar-refractivity contribution in [1.29, 1.82) is 0 Å². The normalized spacial score (nSPS) is 23.5. The van der Waals surface area contributed by atoms with Gasteiger partial charge in [-0.1, -0.05) is 6.92 Å². The van der Waals surface area contributed by atoms with Crippen molar-refractivity contribution in [2.75, 3.05) is 45.9 Å². The van der Waals surface area contributed by atoms with Gasteiger partial charge in [-0.05, 0) is 62.9 Å². The molecule has 1 aromatic rings. The first-order chi connectivity index (χ1) is 13.6. The molecule has 28 heavy (non-hydrogen) atoms. The molecule has 1 unspecified atom stereocenters. The number of hydrogen-bond acceptors (Lipinski definition) is 5. The minimum atomic E-state index is 0.0175. The van der Waals surface area contributed by atoms with Crippen molar-refractivity contribution in [2.24, 2.45) is 11.8 Å². The van der Waals surface area contributed by atoms with Crippen LogP contribution in [0.5, 0.6) is 11.5 Å². The van der Waals surface area contributed by atoms with E-state index in [4.69, 9.17) is 9.47 Å². The standard InChI is InChI=1S/C22H30N2O4/c1-16-3-2-8-24(14-16)21(25)15-23-9-6-17(7-10-23)22(26)18-4-5-19-20(13-18)28-12-11-27-19/h4-5,13,16-17H,2-3,6-12,14-15H2,1H3. The molecule has 2 saturated heterocycles. The maximum Gasteiger partial charge on any atom is 0.236 e. The molecule has 3 heterocycles. The van der Waals surface area contributed by atoms with Gasteiger partial charge in [-0.2, -0.15) is 0 Å². The number of benzene rings is 1. The summed E-state index contributed by atoms with van der Waals surface area (Å²) in [5.41, 5.74) is 0.695. The molecule has 0 aliphatic carbocycles. The fourth-order valence-corrected chi connectivity index (χ4v) is 4.49. The summed E-state index contributed by atoms with van der Waals surface area (Å²) in [5.74, 6) is 2.41. The van der Waals surface area contributed by atoms with Crippen LogP contribution in [0.3, 0.4) is 0 Å². The van der Waals surface area contributed by atoms with Gasteiger partial charge < -0.3 is 14.4 Å². The summed E-state index contributed by atoms with van der Waals surface area (Å²) in [6.45, 7) is 7.15. The molecule has 0 saturated carbocycles. The second-order valence-corrected chi connectivity index (χ2v) is 8.36. The van der Waals surface area contributed by atoms with Crippen LogP contribution in [-0.2, 0) is 4.79 Å². The quantitative estimate of drug-likeness (QED) is 0.745. The van der Waals surface area contributed by atoms with Crippen LogP contribution in [0.25, 0.3) is 0 Å². The minimum absolute atomic E-state index is 0.0175. The van der Waals surface area contributed by atoms with E-state index in [1.165, 1.54) is 6.42 Å². The average molecular weight is 386 g/mol. The van der Waals surface area contributed by atoms with E-state index in [1.807, 2.05) is 23.1 Å². The van der Waals surface area contributed by atoms with Crippen molar-refractivity contribution in [3.05, 3.63) is 23.8 Å². The maximum atomic E-state index is 12.9. The van der Waals surface area contributed by atoms with E-state index in [0.29, 0.717) is 42.7 Å². The highest BCUT2D eigenvalue weighted by atomic mass is 16.6. The summed E-state index contributed by atoms with van der Waals surface area (Å²) in [4.78, 5) is 29.7. The Balaban J connectivity index is 1.29. The molecule has 0 radical (unpaired) electrons. The zero-order chi connectivity index (χ0) is 19.5. The summed E-state index contributed by atoms with van der Waals surface area (Å²) >= 11 is 0.